The molecular weight excluding hydrogens is 267 g/mol. The molecule has 0 atom stereocenters. The van der Waals surface area contributed by atoms with E-state index in [1.807, 2.05) is 43.3 Å². The fraction of sp³-hybridized carbons (Fsp3) is 0.294. The van der Waals surface area contributed by atoms with E-state index in [0.717, 1.165) is 17.0 Å². The molecule has 0 unspecified atom stereocenters. The predicted molar refractivity (Wildman–Crippen MR) is 84.3 cm³/mol. The normalized spacial score (nSPS) is 10.5. The van der Waals surface area contributed by atoms with E-state index >= 15 is 0 Å². The van der Waals surface area contributed by atoms with Gasteiger partial charge in [-0.1, -0.05) is 24.3 Å². The van der Waals surface area contributed by atoms with Crippen molar-refractivity contribution in [3.05, 3.63) is 59.4 Å². The number of nitrogens with one attached hydrogen (secondary N) is 1. The van der Waals surface area contributed by atoms with Crippen molar-refractivity contribution in [1.82, 2.24) is 5.32 Å². The third-order valence-corrected chi connectivity index (χ3v) is 3.33. The largest absolute Gasteiger partial charge is 0.495 e. The Hall–Kier alpha value is -2.07. The van der Waals surface area contributed by atoms with Crippen molar-refractivity contribution >= 4 is 5.69 Å². The summed E-state index contributed by atoms with van der Waals surface area (Å²) >= 11 is 0. The molecule has 0 amide bonds. The summed E-state index contributed by atoms with van der Waals surface area (Å²) in [6, 6.07) is 12.9. The van der Waals surface area contributed by atoms with Gasteiger partial charge in [0, 0.05) is 32.7 Å². The van der Waals surface area contributed by atoms with Gasteiger partial charge in [0.25, 0.3) is 0 Å². The molecule has 0 heterocycles. The number of halogens is 1. The van der Waals surface area contributed by atoms with Gasteiger partial charge in [-0.15, -0.1) is 0 Å². The Kier molecular flexibility index (Phi) is 5.17. The summed E-state index contributed by atoms with van der Waals surface area (Å²) in [5.41, 5.74) is 2.82. The van der Waals surface area contributed by atoms with E-state index < -0.39 is 0 Å². The first-order valence-corrected chi connectivity index (χ1v) is 6.90. The first-order valence-electron chi connectivity index (χ1n) is 6.90. The molecule has 1 N–H and O–H groups in total. The van der Waals surface area contributed by atoms with Crippen molar-refractivity contribution in [1.29, 1.82) is 0 Å². The number of nitrogens with zero attached hydrogens (tertiary/aromatic N) is 1. The summed E-state index contributed by atoms with van der Waals surface area (Å²) in [4.78, 5) is 2.01. The molecule has 3 nitrogen and oxygen atoms in total. The highest BCUT2D eigenvalue weighted by atomic mass is 19.1. The number of rotatable bonds is 6. The van der Waals surface area contributed by atoms with Gasteiger partial charge in [-0.2, -0.15) is 0 Å². The van der Waals surface area contributed by atoms with E-state index in [2.05, 4.69) is 5.32 Å². The quantitative estimate of drug-likeness (QED) is 0.883. The molecule has 0 aliphatic heterocycles. The average Bonchev–Trinajstić information content (AvgIpc) is 2.48. The fourth-order valence-electron chi connectivity index (χ4n) is 2.18. The van der Waals surface area contributed by atoms with Crippen molar-refractivity contribution < 1.29 is 9.13 Å². The zero-order valence-electron chi connectivity index (χ0n) is 12.7. The lowest BCUT2D eigenvalue weighted by atomic mass is 10.1. The predicted octanol–water partition coefficient (Wildman–Crippen LogP) is 3.19. The van der Waals surface area contributed by atoms with Crippen LogP contribution in [0.1, 0.15) is 11.1 Å². The number of anilines is 1. The molecule has 0 saturated carbocycles. The number of benzene rings is 2. The molecule has 0 aromatic heterocycles. The summed E-state index contributed by atoms with van der Waals surface area (Å²) in [6.07, 6.45) is 0. The third kappa shape index (κ3) is 3.95. The second-order valence-corrected chi connectivity index (χ2v) is 5.10. The summed E-state index contributed by atoms with van der Waals surface area (Å²) in [5.74, 6) is 0.663. The molecular formula is C17H21FN2O. The summed E-state index contributed by atoms with van der Waals surface area (Å²) < 4.78 is 18.9. The van der Waals surface area contributed by atoms with Gasteiger partial charge in [0.05, 0.1) is 12.8 Å². The maximum atomic E-state index is 13.5. The number of hydrogen-bond donors (Lipinski definition) is 1. The lowest BCUT2D eigenvalue weighted by Crippen LogP contribution is -2.14. The van der Waals surface area contributed by atoms with E-state index in [-0.39, 0.29) is 5.82 Å². The van der Waals surface area contributed by atoms with Crippen LogP contribution < -0.4 is 15.0 Å². The molecule has 0 aliphatic carbocycles. The molecule has 2 rings (SSSR count). The topological polar surface area (TPSA) is 24.5 Å². The maximum absolute atomic E-state index is 13.5. The van der Waals surface area contributed by atoms with Gasteiger partial charge < -0.3 is 15.0 Å². The van der Waals surface area contributed by atoms with Crippen molar-refractivity contribution in [3.63, 3.8) is 0 Å². The molecule has 0 aliphatic rings. The molecule has 0 bridgehead atoms. The van der Waals surface area contributed by atoms with E-state index in [1.54, 1.807) is 19.2 Å². The number of methoxy groups -OCH3 is 1. The van der Waals surface area contributed by atoms with Gasteiger partial charge in [0.2, 0.25) is 0 Å². The smallest absolute Gasteiger partial charge is 0.142 e. The molecule has 4 heteroatoms. The minimum absolute atomic E-state index is 0.175. The van der Waals surface area contributed by atoms with Crippen molar-refractivity contribution in [3.8, 4) is 5.75 Å². The first kappa shape index (κ1) is 15.3. The van der Waals surface area contributed by atoms with Gasteiger partial charge in [-0.25, -0.2) is 4.39 Å². The van der Waals surface area contributed by atoms with E-state index in [0.29, 0.717) is 18.7 Å². The fourth-order valence-corrected chi connectivity index (χ4v) is 2.18. The van der Waals surface area contributed by atoms with Crippen molar-refractivity contribution in [2.75, 3.05) is 26.1 Å². The molecule has 2 aromatic carbocycles. The van der Waals surface area contributed by atoms with Crippen LogP contribution in [0.3, 0.4) is 0 Å². The van der Waals surface area contributed by atoms with Gasteiger partial charge >= 0.3 is 0 Å². The van der Waals surface area contributed by atoms with Crippen LogP contribution in [0, 0.1) is 5.82 Å². The maximum Gasteiger partial charge on any atom is 0.142 e. The van der Waals surface area contributed by atoms with Crippen LogP contribution in [0.25, 0.3) is 0 Å². The zero-order valence-corrected chi connectivity index (χ0v) is 12.7. The molecule has 0 spiro atoms. The monoisotopic (exact) mass is 288 g/mol. The Morgan fingerprint density at radius 1 is 1.10 bits per heavy atom. The second kappa shape index (κ2) is 7.09. The third-order valence-electron chi connectivity index (χ3n) is 3.33. The second-order valence-electron chi connectivity index (χ2n) is 5.10. The van der Waals surface area contributed by atoms with Crippen LogP contribution in [0.15, 0.2) is 42.5 Å². The van der Waals surface area contributed by atoms with Gasteiger partial charge in [-0.05, 0) is 23.8 Å². The van der Waals surface area contributed by atoms with Crippen molar-refractivity contribution in [2.45, 2.75) is 13.1 Å². The highest BCUT2D eigenvalue weighted by Crippen LogP contribution is 2.27. The molecule has 0 fully saturated rings. The number of hydrogen-bond acceptors (Lipinski definition) is 3. The average molecular weight is 288 g/mol. The Balaban J connectivity index is 1.99. The summed E-state index contributed by atoms with van der Waals surface area (Å²) in [7, 11) is 5.63. The highest BCUT2D eigenvalue weighted by Gasteiger charge is 2.06. The van der Waals surface area contributed by atoms with E-state index in [9.17, 15) is 4.39 Å². The van der Waals surface area contributed by atoms with Crippen molar-refractivity contribution in [2.24, 2.45) is 0 Å². The minimum atomic E-state index is -0.175. The first-order chi connectivity index (χ1) is 10.1. The molecule has 0 radical (unpaired) electrons. The Labute approximate surface area is 125 Å². The molecule has 112 valence electrons. The van der Waals surface area contributed by atoms with Crippen LogP contribution in [0.4, 0.5) is 10.1 Å². The zero-order chi connectivity index (χ0) is 15.2. The van der Waals surface area contributed by atoms with Gasteiger partial charge in [0.15, 0.2) is 0 Å². The minimum Gasteiger partial charge on any atom is -0.495 e. The molecule has 2 aromatic rings. The highest BCUT2D eigenvalue weighted by molar-refractivity contribution is 5.58. The van der Waals surface area contributed by atoms with Crippen LogP contribution in [0.2, 0.25) is 0 Å². The van der Waals surface area contributed by atoms with Crippen LogP contribution >= 0.6 is 0 Å². The standard InChI is InChI=1S/C17H21FN2O/c1-20(2)16-9-8-13(10-17(16)21-3)11-19-12-14-6-4-5-7-15(14)18/h4-10,19H,11-12H2,1-3H3. The Bertz CT molecular complexity index is 599. The Morgan fingerprint density at radius 2 is 1.86 bits per heavy atom. The van der Waals surface area contributed by atoms with Gasteiger partial charge in [0.1, 0.15) is 11.6 Å². The molecule has 0 saturated heterocycles. The van der Waals surface area contributed by atoms with E-state index in [1.165, 1.54) is 6.07 Å². The van der Waals surface area contributed by atoms with Crippen LogP contribution in [0.5, 0.6) is 5.75 Å². The van der Waals surface area contributed by atoms with Gasteiger partial charge in [-0.3, -0.25) is 0 Å². The summed E-state index contributed by atoms with van der Waals surface area (Å²) in [6.45, 7) is 1.17. The SMILES string of the molecule is COc1cc(CNCc2ccccc2F)ccc1N(C)C. The summed E-state index contributed by atoms with van der Waals surface area (Å²) in [5, 5.41) is 3.25. The molecule has 21 heavy (non-hydrogen) atoms. The van der Waals surface area contributed by atoms with Crippen LogP contribution in [-0.2, 0) is 13.1 Å². The number of ether oxygens (including phenoxy) is 1. The lowest BCUT2D eigenvalue weighted by Gasteiger charge is -2.17. The van der Waals surface area contributed by atoms with E-state index in [4.69, 9.17) is 4.74 Å². The lowest BCUT2D eigenvalue weighted by molar-refractivity contribution is 0.414. The Morgan fingerprint density at radius 3 is 2.52 bits per heavy atom. The van der Waals surface area contributed by atoms with Crippen LogP contribution in [-0.4, -0.2) is 21.2 Å².